The van der Waals surface area contributed by atoms with E-state index in [2.05, 4.69) is 29.8 Å². The Morgan fingerprint density at radius 2 is 2.31 bits per heavy atom. The Bertz CT molecular complexity index is 231. The third-order valence-electron chi connectivity index (χ3n) is 1.68. The predicted molar refractivity (Wildman–Crippen MR) is 62.4 cm³/mol. The molecule has 74 valence electrons. The van der Waals surface area contributed by atoms with E-state index in [1.54, 1.807) is 6.26 Å². The van der Waals surface area contributed by atoms with Gasteiger partial charge in [0.25, 0.3) is 0 Å². The highest BCUT2D eigenvalue weighted by Crippen LogP contribution is 2.26. The Kier molecular flexibility index (Phi) is 4.39. The first kappa shape index (κ1) is 11.2. The van der Waals surface area contributed by atoms with Crippen LogP contribution in [0, 0.1) is 5.41 Å². The summed E-state index contributed by atoms with van der Waals surface area (Å²) in [6.07, 6.45) is 1.73. The third-order valence-corrected chi connectivity index (χ3v) is 4.67. The zero-order valence-corrected chi connectivity index (χ0v) is 10.5. The minimum Gasteiger partial charge on any atom is -0.468 e. The van der Waals surface area contributed by atoms with Crippen molar-refractivity contribution >= 4 is 27.7 Å². The molecule has 0 fully saturated rings. The van der Waals surface area contributed by atoms with Crippen molar-refractivity contribution in [3.8, 4) is 0 Å². The minimum atomic E-state index is 0.372. The Morgan fingerprint density at radius 3 is 2.85 bits per heavy atom. The second-order valence-corrected chi connectivity index (χ2v) is 5.42. The van der Waals surface area contributed by atoms with E-state index < -0.39 is 0 Å². The monoisotopic (exact) mass is 262 g/mol. The SMILES string of the molecule is CC(C)(CBr)CSCc1ccco1. The van der Waals surface area contributed by atoms with Crippen molar-refractivity contribution in [2.45, 2.75) is 19.6 Å². The molecule has 1 nitrogen and oxygen atoms in total. The molecule has 0 bridgehead atoms. The summed E-state index contributed by atoms with van der Waals surface area (Å²) in [7, 11) is 0. The molecule has 0 radical (unpaired) electrons. The van der Waals surface area contributed by atoms with Crippen molar-refractivity contribution in [3.63, 3.8) is 0 Å². The Balaban J connectivity index is 2.21. The molecule has 1 aromatic heterocycles. The maximum atomic E-state index is 5.25. The molecular formula is C10H15BrOS. The highest BCUT2D eigenvalue weighted by Gasteiger charge is 2.15. The lowest BCUT2D eigenvalue weighted by molar-refractivity contribution is 0.494. The minimum absolute atomic E-state index is 0.372. The quantitative estimate of drug-likeness (QED) is 0.746. The maximum Gasteiger partial charge on any atom is 0.113 e. The van der Waals surface area contributed by atoms with Crippen LogP contribution in [0.2, 0.25) is 0 Å². The summed E-state index contributed by atoms with van der Waals surface area (Å²) in [6.45, 7) is 4.52. The topological polar surface area (TPSA) is 13.1 Å². The first-order valence-corrected chi connectivity index (χ1v) is 6.58. The molecule has 1 heterocycles. The van der Waals surface area contributed by atoms with Crippen LogP contribution in [-0.2, 0) is 5.75 Å². The van der Waals surface area contributed by atoms with E-state index in [0.717, 1.165) is 22.6 Å². The van der Waals surface area contributed by atoms with Gasteiger partial charge >= 0.3 is 0 Å². The van der Waals surface area contributed by atoms with Gasteiger partial charge < -0.3 is 4.42 Å². The van der Waals surface area contributed by atoms with Gasteiger partial charge in [-0.15, -0.1) is 0 Å². The maximum absolute atomic E-state index is 5.25. The highest BCUT2D eigenvalue weighted by molar-refractivity contribution is 9.09. The van der Waals surface area contributed by atoms with Gasteiger partial charge in [0.15, 0.2) is 0 Å². The standard InChI is InChI=1S/C10H15BrOS/c1-10(2,7-11)8-13-6-9-4-3-5-12-9/h3-5H,6-8H2,1-2H3. The summed E-state index contributed by atoms with van der Waals surface area (Å²) in [4.78, 5) is 0. The van der Waals surface area contributed by atoms with Crippen LogP contribution in [-0.4, -0.2) is 11.1 Å². The van der Waals surface area contributed by atoms with Gasteiger partial charge in [-0.3, -0.25) is 0 Å². The lowest BCUT2D eigenvalue weighted by Gasteiger charge is -2.20. The molecule has 0 aliphatic rings. The van der Waals surface area contributed by atoms with Crippen molar-refractivity contribution in [2.75, 3.05) is 11.1 Å². The molecule has 3 heteroatoms. The molecule has 0 aliphatic carbocycles. The average molecular weight is 263 g/mol. The molecule has 0 saturated carbocycles. The van der Waals surface area contributed by atoms with Crippen LogP contribution < -0.4 is 0 Å². The fraction of sp³-hybridized carbons (Fsp3) is 0.600. The summed E-state index contributed by atoms with van der Waals surface area (Å²) in [5.41, 5.74) is 0.372. The van der Waals surface area contributed by atoms with Gasteiger partial charge in [0.2, 0.25) is 0 Å². The van der Waals surface area contributed by atoms with Crippen molar-refractivity contribution in [1.29, 1.82) is 0 Å². The summed E-state index contributed by atoms with van der Waals surface area (Å²) < 4.78 is 5.25. The van der Waals surface area contributed by atoms with Crippen LogP contribution in [0.5, 0.6) is 0 Å². The molecule has 0 spiro atoms. The summed E-state index contributed by atoms with van der Waals surface area (Å²) in [5, 5.41) is 1.05. The molecule has 0 amide bonds. The second-order valence-electron chi connectivity index (χ2n) is 3.87. The van der Waals surface area contributed by atoms with Crippen molar-refractivity contribution in [1.82, 2.24) is 0 Å². The number of furan rings is 1. The second kappa shape index (κ2) is 5.11. The summed E-state index contributed by atoms with van der Waals surface area (Å²) in [6, 6.07) is 3.96. The van der Waals surface area contributed by atoms with Gasteiger partial charge in [-0.2, -0.15) is 11.8 Å². The number of halogens is 1. The molecule has 0 N–H and O–H groups in total. The molecule has 0 saturated heterocycles. The van der Waals surface area contributed by atoms with E-state index in [1.807, 2.05) is 23.9 Å². The number of hydrogen-bond donors (Lipinski definition) is 0. The smallest absolute Gasteiger partial charge is 0.113 e. The zero-order chi connectivity index (χ0) is 9.73. The zero-order valence-electron chi connectivity index (χ0n) is 8.05. The van der Waals surface area contributed by atoms with Crippen molar-refractivity contribution < 1.29 is 4.42 Å². The van der Waals surface area contributed by atoms with E-state index in [1.165, 1.54) is 0 Å². The first-order valence-electron chi connectivity index (χ1n) is 4.30. The van der Waals surface area contributed by atoms with Crippen molar-refractivity contribution in [2.24, 2.45) is 5.41 Å². The molecule has 0 aliphatic heterocycles. The molecule has 0 aromatic carbocycles. The van der Waals surface area contributed by atoms with E-state index in [-0.39, 0.29) is 0 Å². The number of alkyl halides is 1. The number of hydrogen-bond acceptors (Lipinski definition) is 2. The molecule has 0 unspecified atom stereocenters. The fourth-order valence-corrected chi connectivity index (χ4v) is 2.44. The molecule has 0 atom stereocenters. The van der Waals surface area contributed by atoms with E-state index >= 15 is 0 Å². The summed E-state index contributed by atoms with van der Waals surface area (Å²) >= 11 is 5.43. The van der Waals surface area contributed by atoms with E-state index in [9.17, 15) is 0 Å². The predicted octanol–water partition coefficient (Wildman–Crippen LogP) is 3.93. The third kappa shape index (κ3) is 4.23. The molecule has 13 heavy (non-hydrogen) atoms. The first-order chi connectivity index (χ1) is 6.14. The van der Waals surface area contributed by atoms with Crippen LogP contribution in [0.15, 0.2) is 22.8 Å². The van der Waals surface area contributed by atoms with E-state index in [0.29, 0.717) is 5.41 Å². The lowest BCUT2D eigenvalue weighted by atomic mass is 10.0. The molecule has 1 aromatic rings. The van der Waals surface area contributed by atoms with Gasteiger partial charge in [0.05, 0.1) is 12.0 Å². The lowest BCUT2D eigenvalue weighted by Crippen LogP contribution is -2.16. The van der Waals surface area contributed by atoms with Crippen molar-refractivity contribution in [3.05, 3.63) is 24.2 Å². The van der Waals surface area contributed by atoms with Gasteiger partial charge in [-0.25, -0.2) is 0 Å². The summed E-state index contributed by atoms with van der Waals surface area (Å²) in [5.74, 6) is 3.19. The Morgan fingerprint density at radius 1 is 1.54 bits per heavy atom. The highest BCUT2D eigenvalue weighted by atomic mass is 79.9. The van der Waals surface area contributed by atoms with Gasteiger partial charge in [-0.05, 0) is 23.3 Å². The van der Waals surface area contributed by atoms with Gasteiger partial charge in [0.1, 0.15) is 5.76 Å². The number of rotatable bonds is 5. The fourth-order valence-electron chi connectivity index (χ4n) is 0.861. The largest absolute Gasteiger partial charge is 0.468 e. The molecule has 1 rings (SSSR count). The van der Waals surface area contributed by atoms with Crippen LogP contribution in [0.3, 0.4) is 0 Å². The van der Waals surface area contributed by atoms with Crippen LogP contribution >= 0.6 is 27.7 Å². The van der Waals surface area contributed by atoms with Crippen LogP contribution in [0.25, 0.3) is 0 Å². The van der Waals surface area contributed by atoms with Gasteiger partial charge in [0, 0.05) is 5.33 Å². The van der Waals surface area contributed by atoms with E-state index in [4.69, 9.17) is 4.42 Å². The van der Waals surface area contributed by atoms with Gasteiger partial charge in [-0.1, -0.05) is 29.8 Å². The number of thioether (sulfide) groups is 1. The normalized spacial score (nSPS) is 11.9. The van der Waals surface area contributed by atoms with Crippen LogP contribution in [0.1, 0.15) is 19.6 Å². The van der Waals surface area contributed by atoms with Crippen LogP contribution in [0.4, 0.5) is 0 Å². The Hall–Kier alpha value is 0.110. The Labute approximate surface area is 92.4 Å². The average Bonchev–Trinajstić information content (AvgIpc) is 2.57. The molecular weight excluding hydrogens is 248 g/mol.